The molecule has 0 aliphatic carbocycles. The highest BCUT2D eigenvalue weighted by Crippen LogP contribution is 2.13. The number of rotatable bonds is 6. The van der Waals surface area contributed by atoms with Gasteiger partial charge in [-0.3, -0.25) is 4.79 Å². The van der Waals surface area contributed by atoms with Crippen LogP contribution in [0.3, 0.4) is 0 Å². The number of amides is 1. The van der Waals surface area contributed by atoms with Crippen LogP contribution in [0.2, 0.25) is 0 Å². The number of halogens is 1. The summed E-state index contributed by atoms with van der Waals surface area (Å²) in [6.07, 6.45) is -0.0157. The van der Waals surface area contributed by atoms with E-state index in [9.17, 15) is 17.6 Å². The lowest BCUT2D eigenvalue weighted by Gasteiger charge is -2.03. The van der Waals surface area contributed by atoms with Crippen molar-refractivity contribution in [1.29, 1.82) is 0 Å². The molecule has 23 heavy (non-hydrogen) atoms. The van der Waals surface area contributed by atoms with Gasteiger partial charge in [0, 0.05) is 12.5 Å². The minimum absolute atomic E-state index is 0.0140. The van der Waals surface area contributed by atoms with Crippen LogP contribution >= 0.6 is 0 Å². The SMILES string of the molecule is CC(C)NC(=O)c1nc(CCS(=O)(=O)c2ccc(F)cc2)no1. The summed E-state index contributed by atoms with van der Waals surface area (Å²) in [5, 5.41) is 6.17. The van der Waals surface area contributed by atoms with E-state index in [1.807, 2.05) is 0 Å². The maximum absolute atomic E-state index is 12.8. The van der Waals surface area contributed by atoms with Crippen molar-refractivity contribution in [1.82, 2.24) is 15.5 Å². The molecule has 1 aromatic heterocycles. The molecule has 0 spiro atoms. The highest BCUT2D eigenvalue weighted by atomic mass is 32.2. The minimum Gasteiger partial charge on any atom is -0.346 e. The molecule has 7 nitrogen and oxygen atoms in total. The Morgan fingerprint density at radius 1 is 1.30 bits per heavy atom. The number of nitrogens with zero attached hydrogens (tertiary/aromatic N) is 2. The van der Waals surface area contributed by atoms with Crippen molar-refractivity contribution in [3.05, 3.63) is 41.8 Å². The number of nitrogens with one attached hydrogen (secondary N) is 1. The first-order chi connectivity index (χ1) is 10.8. The van der Waals surface area contributed by atoms with Crippen molar-refractivity contribution in [2.75, 3.05) is 5.75 Å². The predicted molar refractivity (Wildman–Crippen MR) is 79.1 cm³/mol. The predicted octanol–water partition coefficient (Wildman–Crippen LogP) is 1.36. The largest absolute Gasteiger partial charge is 0.346 e. The normalized spacial score (nSPS) is 11.7. The molecule has 0 radical (unpaired) electrons. The first-order valence-corrected chi connectivity index (χ1v) is 8.55. The summed E-state index contributed by atoms with van der Waals surface area (Å²) < 4.78 is 41.9. The van der Waals surface area contributed by atoms with E-state index >= 15 is 0 Å². The summed E-state index contributed by atoms with van der Waals surface area (Å²) in [4.78, 5) is 15.5. The Morgan fingerprint density at radius 2 is 1.96 bits per heavy atom. The number of aromatic nitrogens is 2. The minimum atomic E-state index is -3.59. The first kappa shape index (κ1) is 17.1. The molecule has 0 bridgehead atoms. The van der Waals surface area contributed by atoms with E-state index in [2.05, 4.69) is 15.5 Å². The van der Waals surface area contributed by atoms with Crippen molar-refractivity contribution < 1.29 is 22.1 Å². The molecule has 1 N–H and O–H groups in total. The third-order valence-electron chi connectivity index (χ3n) is 2.85. The maximum atomic E-state index is 12.8. The molecule has 1 heterocycles. The Bertz CT molecular complexity index is 785. The molecule has 2 aromatic rings. The van der Waals surface area contributed by atoms with Gasteiger partial charge in [-0.05, 0) is 38.1 Å². The van der Waals surface area contributed by atoms with Crippen molar-refractivity contribution in [3.8, 4) is 0 Å². The fraction of sp³-hybridized carbons (Fsp3) is 0.357. The highest BCUT2D eigenvalue weighted by molar-refractivity contribution is 7.91. The molecule has 0 aliphatic heterocycles. The van der Waals surface area contributed by atoms with E-state index in [0.717, 1.165) is 12.1 Å². The summed E-state index contributed by atoms with van der Waals surface area (Å²) in [6.45, 7) is 3.56. The fourth-order valence-electron chi connectivity index (χ4n) is 1.76. The highest BCUT2D eigenvalue weighted by Gasteiger charge is 2.19. The number of hydrogen-bond acceptors (Lipinski definition) is 6. The van der Waals surface area contributed by atoms with Crippen molar-refractivity contribution in [2.45, 2.75) is 31.2 Å². The average molecular weight is 341 g/mol. The molecule has 1 amide bonds. The van der Waals surface area contributed by atoms with Crippen LogP contribution in [0.1, 0.15) is 30.4 Å². The van der Waals surface area contributed by atoms with E-state index in [-0.39, 0.29) is 34.8 Å². The Morgan fingerprint density at radius 3 is 2.57 bits per heavy atom. The van der Waals surface area contributed by atoms with Crippen molar-refractivity contribution in [2.24, 2.45) is 0 Å². The third-order valence-corrected chi connectivity index (χ3v) is 4.58. The standard InChI is InChI=1S/C14H16FN3O4S/c1-9(2)16-13(19)14-17-12(18-22-14)7-8-23(20,21)11-5-3-10(15)4-6-11/h3-6,9H,7-8H2,1-2H3,(H,16,19). The van der Waals surface area contributed by atoms with Gasteiger partial charge in [0.2, 0.25) is 0 Å². The first-order valence-electron chi connectivity index (χ1n) is 6.90. The molecule has 0 aliphatic rings. The second-order valence-corrected chi connectivity index (χ2v) is 7.28. The monoisotopic (exact) mass is 341 g/mol. The topological polar surface area (TPSA) is 102 Å². The van der Waals surface area contributed by atoms with Gasteiger partial charge in [-0.25, -0.2) is 12.8 Å². The number of hydrogen-bond donors (Lipinski definition) is 1. The van der Waals surface area contributed by atoms with E-state index in [1.54, 1.807) is 13.8 Å². The fourth-order valence-corrected chi connectivity index (χ4v) is 2.99. The van der Waals surface area contributed by atoms with Gasteiger partial charge in [-0.2, -0.15) is 4.98 Å². The number of carbonyl (C=O) groups excluding carboxylic acids is 1. The van der Waals surface area contributed by atoms with Crippen LogP contribution < -0.4 is 5.32 Å². The molecule has 0 fully saturated rings. The molecule has 0 saturated heterocycles. The Hall–Kier alpha value is -2.29. The molecular formula is C14H16FN3O4S. The van der Waals surface area contributed by atoms with E-state index in [0.29, 0.717) is 0 Å². The molecular weight excluding hydrogens is 325 g/mol. The molecule has 0 saturated carbocycles. The summed E-state index contributed by atoms with van der Waals surface area (Å²) >= 11 is 0. The lowest BCUT2D eigenvalue weighted by atomic mass is 10.4. The summed E-state index contributed by atoms with van der Waals surface area (Å²) in [7, 11) is -3.59. The molecule has 124 valence electrons. The lowest BCUT2D eigenvalue weighted by Crippen LogP contribution is -2.30. The van der Waals surface area contributed by atoms with Crippen molar-refractivity contribution in [3.63, 3.8) is 0 Å². The van der Waals surface area contributed by atoms with Gasteiger partial charge in [-0.1, -0.05) is 5.16 Å². The number of aryl methyl sites for hydroxylation is 1. The molecule has 9 heteroatoms. The third kappa shape index (κ3) is 4.59. The Balaban J connectivity index is 2.02. The van der Waals surface area contributed by atoms with Gasteiger partial charge in [0.15, 0.2) is 15.7 Å². The Labute approximate surface area is 132 Å². The van der Waals surface area contributed by atoms with E-state index in [4.69, 9.17) is 4.52 Å². The number of benzene rings is 1. The second kappa shape index (κ2) is 6.86. The van der Waals surface area contributed by atoms with Crippen molar-refractivity contribution >= 4 is 15.7 Å². The Kier molecular flexibility index (Phi) is 5.09. The van der Waals surface area contributed by atoms with Gasteiger partial charge in [0.1, 0.15) is 5.82 Å². The van der Waals surface area contributed by atoms with Crippen LogP contribution in [0.5, 0.6) is 0 Å². The lowest BCUT2D eigenvalue weighted by molar-refractivity contribution is 0.0899. The van der Waals surface area contributed by atoms with Crippen LogP contribution in [0.4, 0.5) is 4.39 Å². The average Bonchev–Trinajstić information content (AvgIpc) is 2.94. The van der Waals surface area contributed by atoms with E-state index < -0.39 is 21.6 Å². The van der Waals surface area contributed by atoms with Gasteiger partial charge in [0.25, 0.3) is 0 Å². The summed E-state index contributed by atoms with van der Waals surface area (Å²) in [5.41, 5.74) is 0. The van der Waals surface area contributed by atoms with Crippen LogP contribution in [0.15, 0.2) is 33.7 Å². The van der Waals surface area contributed by atoms with Gasteiger partial charge in [0.05, 0.1) is 10.6 Å². The number of carbonyl (C=O) groups is 1. The van der Waals surface area contributed by atoms with Crippen LogP contribution in [-0.2, 0) is 16.3 Å². The quantitative estimate of drug-likeness (QED) is 0.796. The molecule has 0 atom stereocenters. The second-order valence-electron chi connectivity index (χ2n) is 5.17. The molecule has 2 rings (SSSR count). The number of sulfone groups is 1. The van der Waals surface area contributed by atoms with Gasteiger partial charge < -0.3 is 9.84 Å². The van der Waals surface area contributed by atoms with Crippen LogP contribution in [0.25, 0.3) is 0 Å². The van der Waals surface area contributed by atoms with Crippen LogP contribution in [0, 0.1) is 5.82 Å². The zero-order valence-electron chi connectivity index (χ0n) is 12.6. The molecule has 1 aromatic carbocycles. The van der Waals surface area contributed by atoms with Crippen LogP contribution in [-0.4, -0.2) is 36.3 Å². The smallest absolute Gasteiger partial charge is 0.315 e. The van der Waals surface area contributed by atoms with Gasteiger partial charge in [-0.15, -0.1) is 0 Å². The zero-order valence-corrected chi connectivity index (χ0v) is 13.4. The van der Waals surface area contributed by atoms with Gasteiger partial charge >= 0.3 is 11.8 Å². The summed E-state index contributed by atoms with van der Waals surface area (Å²) in [6, 6.07) is 4.47. The maximum Gasteiger partial charge on any atom is 0.315 e. The molecule has 0 unspecified atom stereocenters. The van der Waals surface area contributed by atoms with E-state index in [1.165, 1.54) is 12.1 Å². The zero-order chi connectivity index (χ0) is 17.0. The summed E-state index contributed by atoms with van der Waals surface area (Å²) in [5.74, 6) is -1.40.